The molecule has 0 radical (unpaired) electrons. The van der Waals surface area contributed by atoms with Gasteiger partial charge in [-0.15, -0.1) is 0 Å². The Labute approximate surface area is 478 Å². The summed E-state index contributed by atoms with van der Waals surface area (Å²) in [6.45, 7) is 12.7. The minimum atomic E-state index is -0.984. The average Bonchev–Trinajstić information content (AvgIpc) is 3.67. The first-order chi connectivity index (χ1) is 38.5. The fraction of sp³-hybridized carbons (Fsp3) is 0.825. The van der Waals surface area contributed by atoms with Crippen LogP contribution in [0.15, 0.2) is 0 Å². The normalized spacial score (nSPS) is 15.2. The quantitative estimate of drug-likeness (QED) is 0.0210. The van der Waals surface area contributed by atoms with Crippen molar-refractivity contribution in [2.45, 2.75) is 195 Å². The molecule has 1 heterocycles. The number of carbonyl (C=O) groups is 10. The molecule has 9 N–H and O–H groups in total. The molecule has 0 bridgehead atoms. The Morgan fingerprint density at radius 2 is 0.988 bits per heavy atom. The first kappa shape index (κ1) is 79.0. The average molecular weight is 1150 g/mol. The second-order valence-corrected chi connectivity index (χ2v) is 19.9. The number of carboxylic acid groups (broad SMARTS) is 2. The van der Waals surface area contributed by atoms with E-state index in [1.807, 2.05) is 0 Å². The molecule has 1 saturated carbocycles. The second kappa shape index (κ2) is 59.9. The van der Waals surface area contributed by atoms with Gasteiger partial charge in [0.05, 0.1) is 39.6 Å². The number of carbonyl (C=O) groups excluding carboxylic acids is 8. The molecule has 23 nitrogen and oxygen atoms in total. The van der Waals surface area contributed by atoms with Crippen LogP contribution in [0, 0.1) is 17.8 Å². The predicted octanol–water partition coefficient (Wildman–Crippen LogP) is 5.58. The molecular weight excluding hydrogens is 1040 g/mol. The molecule has 0 spiro atoms. The highest BCUT2D eigenvalue weighted by Gasteiger charge is 2.35. The highest BCUT2D eigenvalue weighted by atomic mass is 16.5. The highest BCUT2D eigenvalue weighted by Crippen LogP contribution is 2.28. The molecule has 23 heteroatoms. The van der Waals surface area contributed by atoms with Crippen LogP contribution in [0.1, 0.15) is 195 Å². The maximum atomic E-state index is 11.8. The summed E-state index contributed by atoms with van der Waals surface area (Å²) < 4.78 is 20.8. The third-order valence-electron chi connectivity index (χ3n) is 12.3. The minimum absolute atomic E-state index is 0.0113. The molecule has 80 heavy (non-hydrogen) atoms. The number of likely N-dealkylation sites (tertiary alicyclic amines) is 1. The molecule has 1 atom stereocenters. The lowest BCUT2D eigenvalue weighted by molar-refractivity contribution is -0.140. The summed E-state index contributed by atoms with van der Waals surface area (Å²) in [5.74, 6) is -2.80. The molecule has 2 rings (SSSR count). The summed E-state index contributed by atoms with van der Waals surface area (Å²) in [6, 6.07) is 0. The van der Waals surface area contributed by atoms with E-state index in [1.54, 1.807) is 6.92 Å². The summed E-state index contributed by atoms with van der Waals surface area (Å²) >= 11 is 0. The predicted molar refractivity (Wildman–Crippen MR) is 306 cm³/mol. The van der Waals surface area contributed by atoms with E-state index >= 15 is 0 Å². The van der Waals surface area contributed by atoms with E-state index in [0.717, 1.165) is 43.4 Å². The molecule has 1 unspecified atom stereocenters. The van der Waals surface area contributed by atoms with Gasteiger partial charge >= 0.3 is 11.9 Å². The standard InChI is InChI=1S/C23H39N5O10.C20H40O2.C10H17NO3.C3H8.CH3NO/c1-18-14-22(33)28(23(18)34)7-2-19(30)25-3-4-26-20(31)15-37-13-11-36-9-6-27-21(32)16-38-12-10-35-8-5-24-17-29;1-2-3-4-5-6-7-8-9-10-11-12-13-14-15-16-17-18-19-20(21)22;1-7-2-4-8(5-3-7)10(14)11-6-9(12)13;1-3-2;2-1-3/h17-18H,2-16H2,1H3,(H,24,29)(H,25,30)(H,26,31)(H,27,32);2-19H2,1H3,(H,21,22);7-8H,2-6H2,1H3,(H,11,14)(H,12,13);3H2,1-2H3;1H,(H2,2,3). The van der Waals surface area contributed by atoms with Gasteiger partial charge in [-0.05, 0) is 38.0 Å². The summed E-state index contributed by atoms with van der Waals surface area (Å²) in [6.07, 6.45) is 29.4. The first-order valence-corrected chi connectivity index (χ1v) is 29.5. The van der Waals surface area contributed by atoms with Crippen LogP contribution in [0.4, 0.5) is 0 Å². The zero-order chi connectivity index (χ0) is 60.3. The number of nitrogens with one attached hydrogen (secondary N) is 5. The van der Waals surface area contributed by atoms with E-state index < -0.39 is 11.9 Å². The lowest BCUT2D eigenvalue weighted by atomic mass is 9.82. The van der Waals surface area contributed by atoms with Gasteiger partial charge in [-0.2, -0.15) is 0 Å². The van der Waals surface area contributed by atoms with Crippen LogP contribution in [0.5, 0.6) is 0 Å². The fourth-order valence-corrected chi connectivity index (χ4v) is 7.94. The van der Waals surface area contributed by atoms with E-state index in [1.165, 1.54) is 103 Å². The van der Waals surface area contributed by atoms with Gasteiger partial charge < -0.3 is 61.5 Å². The number of aliphatic carboxylic acids is 2. The summed E-state index contributed by atoms with van der Waals surface area (Å²) in [4.78, 5) is 110. The van der Waals surface area contributed by atoms with Crippen LogP contribution in [0.3, 0.4) is 0 Å². The van der Waals surface area contributed by atoms with Crippen LogP contribution in [0.2, 0.25) is 0 Å². The molecule has 8 amide bonds. The van der Waals surface area contributed by atoms with Crippen molar-refractivity contribution < 1.29 is 77.1 Å². The van der Waals surface area contributed by atoms with Gasteiger partial charge in [-0.1, -0.05) is 144 Å². The van der Waals surface area contributed by atoms with E-state index in [-0.39, 0.29) is 132 Å². The van der Waals surface area contributed by atoms with Crippen molar-refractivity contribution in [3.05, 3.63) is 0 Å². The lowest BCUT2D eigenvalue weighted by Gasteiger charge is -2.24. The van der Waals surface area contributed by atoms with Crippen molar-refractivity contribution in [1.82, 2.24) is 31.5 Å². The molecular formula is C57H107N7O16. The Bertz CT molecular complexity index is 1600. The van der Waals surface area contributed by atoms with Crippen LogP contribution in [-0.2, 0) is 66.9 Å². The first-order valence-electron chi connectivity index (χ1n) is 29.5. The monoisotopic (exact) mass is 1150 g/mol. The van der Waals surface area contributed by atoms with Gasteiger partial charge in [0.1, 0.15) is 19.8 Å². The van der Waals surface area contributed by atoms with E-state index in [4.69, 9.17) is 34.0 Å². The van der Waals surface area contributed by atoms with Crippen LogP contribution in [0.25, 0.3) is 0 Å². The number of imide groups is 1. The van der Waals surface area contributed by atoms with E-state index in [0.29, 0.717) is 45.1 Å². The van der Waals surface area contributed by atoms with Gasteiger partial charge in [0.15, 0.2) is 0 Å². The number of primary amides is 1. The molecule has 1 aliphatic heterocycles. The number of carboxylic acids is 2. The van der Waals surface area contributed by atoms with Crippen molar-refractivity contribution in [2.75, 3.05) is 92.1 Å². The molecule has 0 aromatic heterocycles. The summed E-state index contributed by atoms with van der Waals surface area (Å²) in [5, 5.41) is 29.6. The molecule has 1 aliphatic carbocycles. The van der Waals surface area contributed by atoms with Gasteiger partial charge in [0, 0.05) is 63.8 Å². The number of ether oxygens (including phenoxy) is 4. The van der Waals surface area contributed by atoms with Crippen molar-refractivity contribution in [3.63, 3.8) is 0 Å². The van der Waals surface area contributed by atoms with Crippen molar-refractivity contribution >= 4 is 60.2 Å². The third kappa shape index (κ3) is 56.0. The zero-order valence-electron chi connectivity index (χ0n) is 49.6. The Kier molecular flexibility index (Phi) is 59.1. The number of nitrogens with two attached hydrogens (primary N) is 1. The lowest BCUT2D eigenvalue weighted by Crippen LogP contribution is -2.38. The zero-order valence-corrected chi connectivity index (χ0v) is 49.6. The highest BCUT2D eigenvalue weighted by molar-refractivity contribution is 6.03. The molecule has 2 fully saturated rings. The van der Waals surface area contributed by atoms with Gasteiger partial charge in [0.2, 0.25) is 48.3 Å². The van der Waals surface area contributed by atoms with Crippen LogP contribution >= 0.6 is 0 Å². The molecule has 466 valence electrons. The summed E-state index contributed by atoms with van der Waals surface area (Å²) in [7, 11) is 0. The smallest absolute Gasteiger partial charge is 0.322 e. The van der Waals surface area contributed by atoms with E-state index in [2.05, 4.69) is 60.0 Å². The van der Waals surface area contributed by atoms with Crippen molar-refractivity contribution in [3.8, 4) is 0 Å². The van der Waals surface area contributed by atoms with Gasteiger partial charge in [0.25, 0.3) is 0 Å². The Balaban J connectivity index is -0.00000118. The summed E-state index contributed by atoms with van der Waals surface area (Å²) in [5.41, 5.74) is 4.17. The Morgan fingerprint density at radius 1 is 0.562 bits per heavy atom. The molecule has 2 aliphatic rings. The molecule has 0 aromatic carbocycles. The molecule has 1 saturated heterocycles. The van der Waals surface area contributed by atoms with Crippen molar-refractivity contribution in [1.29, 1.82) is 0 Å². The number of hydrogen-bond acceptors (Lipinski definition) is 14. The minimum Gasteiger partial charge on any atom is -0.481 e. The maximum absolute atomic E-state index is 11.8. The number of hydrogen-bond donors (Lipinski definition) is 8. The largest absolute Gasteiger partial charge is 0.481 e. The van der Waals surface area contributed by atoms with Crippen LogP contribution < -0.4 is 32.3 Å². The number of rotatable bonds is 44. The Hall–Kier alpha value is -5.26. The van der Waals surface area contributed by atoms with Gasteiger partial charge in [-0.3, -0.25) is 52.8 Å². The number of amides is 8. The van der Waals surface area contributed by atoms with E-state index in [9.17, 15) is 43.2 Å². The van der Waals surface area contributed by atoms with Gasteiger partial charge in [-0.25, -0.2) is 0 Å². The second-order valence-electron chi connectivity index (χ2n) is 19.9. The van der Waals surface area contributed by atoms with Crippen LogP contribution in [-0.4, -0.2) is 167 Å². The number of unbranched alkanes of at least 4 members (excludes halogenated alkanes) is 16. The van der Waals surface area contributed by atoms with Crippen molar-refractivity contribution in [2.24, 2.45) is 23.5 Å². The SMILES string of the molecule is CC1CC(=O)N(CCC(=O)NCCNC(=O)COCCOCCNC(=O)COCCOCCNC=O)C1=O.CC1CCC(C(=O)NCC(=O)O)CC1.CCC.CCCCCCCCCCCCCCCCCCCC(=O)O.NC=O. The topological polar surface area (TPSA) is 337 Å². The number of nitrogens with zero attached hydrogens (tertiary/aromatic N) is 1. The maximum Gasteiger partial charge on any atom is 0.322 e. The molecule has 0 aromatic rings. The third-order valence-corrected chi connectivity index (χ3v) is 12.3. The fourth-order valence-electron chi connectivity index (χ4n) is 7.94. The Morgan fingerprint density at radius 3 is 1.41 bits per heavy atom.